The van der Waals surface area contributed by atoms with Gasteiger partial charge >= 0.3 is 0 Å². The molecular formula is C8H9FS2. The molecule has 0 nitrogen and oxygen atoms in total. The van der Waals surface area contributed by atoms with Crippen molar-refractivity contribution >= 4 is 22.5 Å². The van der Waals surface area contributed by atoms with E-state index in [2.05, 4.69) is 11.7 Å². The van der Waals surface area contributed by atoms with Crippen molar-refractivity contribution in [2.75, 3.05) is 0 Å². The fourth-order valence-corrected chi connectivity index (χ4v) is 1.56. The van der Waals surface area contributed by atoms with Crippen LogP contribution in [0.25, 0.3) is 0 Å². The van der Waals surface area contributed by atoms with Crippen LogP contribution in [0.2, 0.25) is 0 Å². The van der Waals surface area contributed by atoms with Crippen molar-refractivity contribution in [2.24, 2.45) is 0 Å². The first-order chi connectivity index (χ1) is 5.27. The predicted octanol–water partition coefficient (Wildman–Crippen LogP) is 3.33. The van der Waals surface area contributed by atoms with Crippen molar-refractivity contribution in [3.63, 3.8) is 0 Å². The van der Waals surface area contributed by atoms with Crippen LogP contribution < -0.4 is 0 Å². The van der Waals surface area contributed by atoms with Crippen LogP contribution in [0.1, 0.15) is 12.5 Å². The van der Waals surface area contributed by atoms with E-state index in [9.17, 15) is 4.39 Å². The molecule has 11 heavy (non-hydrogen) atoms. The van der Waals surface area contributed by atoms with E-state index in [4.69, 9.17) is 0 Å². The summed E-state index contributed by atoms with van der Waals surface area (Å²) >= 11 is 3.92. The lowest BCUT2D eigenvalue weighted by Gasteiger charge is -1.99. The quantitative estimate of drug-likeness (QED) is 0.548. The zero-order valence-corrected chi connectivity index (χ0v) is 7.88. The fourth-order valence-electron chi connectivity index (χ4n) is 0.838. The highest BCUT2D eigenvalue weighted by molar-refractivity contribution is 8.68. The third kappa shape index (κ3) is 2.14. The molecule has 0 fully saturated rings. The number of thiol groups is 1. The molecule has 1 aromatic carbocycles. The standard InChI is InChI=1S/C8H9FS2/c1-2-6-3-4-8(11-10)7(9)5-6/h3-5,10H,2H2,1H3. The van der Waals surface area contributed by atoms with Crippen molar-refractivity contribution in [3.8, 4) is 0 Å². The molecule has 0 aliphatic carbocycles. The lowest BCUT2D eigenvalue weighted by atomic mass is 10.2. The van der Waals surface area contributed by atoms with E-state index in [0.29, 0.717) is 4.90 Å². The van der Waals surface area contributed by atoms with Gasteiger partial charge in [0.05, 0.1) is 4.90 Å². The molecule has 0 aliphatic heterocycles. The van der Waals surface area contributed by atoms with Gasteiger partial charge in [0.1, 0.15) is 5.82 Å². The van der Waals surface area contributed by atoms with E-state index in [1.54, 1.807) is 12.1 Å². The Balaban J connectivity index is 2.99. The summed E-state index contributed by atoms with van der Waals surface area (Å²) in [5.74, 6) is -0.177. The first-order valence-electron chi connectivity index (χ1n) is 3.37. The molecule has 0 spiro atoms. The van der Waals surface area contributed by atoms with Crippen molar-refractivity contribution in [1.29, 1.82) is 0 Å². The third-order valence-corrected chi connectivity index (χ3v) is 2.62. The highest BCUT2D eigenvalue weighted by atomic mass is 33.1. The molecule has 0 bridgehead atoms. The molecule has 0 heterocycles. The Labute approximate surface area is 75.0 Å². The lowest BCUT2D eigenvalue weighted by Crippen LogP contribution is -1.83. The van der Waals surface area contributed by atoms with E-state index < -0.39 is 0 Å². The number of aryl methyl sites for hydroxylation is 1. The van der Waals surface area contributed by atoms with Crippen molar-refractivity contribution in [3.05, 3.63) is 29.6 Å². The molecule has 1 aromatic rings. The van der Waals surface area contributed by atoms with Gasteiger partial charge in [0.2, 0.25) is 0 Å². The van der Waals surface area contributed by atoms with Gasteiger partial charge < -0.3 is 0 Å². The van der Waals surface area contributed by atoms with Gasteiger partial charge in [-0.1, -0.05) is 23.8 Å². The van der Waals surface area contributed by atoms with Crippen molar-refractivity contribution < 1.29 is 4.39 Å². The van der Waals surface area contributed by atoms with Crippen molar-refractivity contribution in [1.82, 2.24) is 0 Å². The molecule has 0 unspecified atom stereocenters. The highest BCUT2D eigenvalue weighted by Gasteiger charge is 2.00. The van der Waals surface area contributed by atoms with Crippen LogP contribution in [-0.2, 0) is 6.42 Å². The number of rotatable bonds is 2. The summed E-state index contributed by atoms with van der Waals surface area (Å²) in [6.07, 6.45) is 0.869. The molecule has 0 amide bonds. The zero-order chi connectivity index (χ0) is 8.27. The Hall–Kier alpha value is -0.150. The van der Waals surface area contributed by atoms with Gasteiger partial charge in [-0.25, -0.2) is 4.39 Å². The van der Waals surface area contributed by atoms with E-state index in [1.165, 1.54) is 0 Å². The van der Waals surface area contributed by atoms with E-state index in [1.807, 2.05) is 13.0 Å². The molecule has 0 aromatic heterocycles. The van der Waals surface area contributed by atoms with Crippen LogP contribution in [-0.4, -0.2) is 0 Å². The van der Waals surface area contributed by atoms with Crippen LogP contribution in [0.15, 0.2) is 23.1 Å². The maximum Gasteiger partial charge on any atom is 0.137 e. The second kappa shape index (κ2) is 4.02. The maximum absolute atomic E-state index is 13.0. The summed E-state index contributed by atoms with van der Waals surface area (Å²) < 4.78 is 13.0. The number of hydrogen-bond acceptors (Lipinski definition) is 2. The number of halogens is 1. The van der Waals surface area contributed by atoms with Crippen LogP contribution in [0.5, 0.6) is 0 Å². The molecule has 3 heteroatoms. The molecule has 0 N–H and O–H groups in total. The number of benzene rings is 1. The molecular weight excluding hydrogens is 179 g/mol. The highest BCUT2D eigenvalue weighted by Crippen LogP contribution is 2.25. The maximum atomic E-state index is 13.0. The van der Waals surface area contributed by atoms with Gasteiger partial charge in [0.25, 0.3) is 0 Å². The summed E-state index contributed by atoms with van der Waals surface area (Å²) in [6, 6.07) is 5.23. The van der Waals surface area contributed by atoms with Crippen LogP contribution in [0.3, 0.4) is 0 Å². The minimum atomic E-state index is -0.177. The fraction of sp³-hybridized carbons (Fsp3) is 0.250. The van der Waals surface area contributed by atoms with Gasteiger partial charge in [-0.15, -0.1) is 11.7 Å². The number of hydrogen-bond donors (Lipinski definition) is 1. The molecule has 1 rings (SSSR count). The van der Waals surface area contributed by atoms with E-state index in [-0.39, 0.29) is 5.82 Å². The summed E-state index contributed by atoms with van der Waals surface area (Å²) in [7, 11) is 1.13. The molecule has 0 saturated heterocycles. The first-order valence-corrected chi connectivity index (χ1v) is 5.24. The summed E-state index contributed by atoms with van der Waals surface area (Å²) in [5, 5.41) is 0. The summed E-state index contributed by atoms with van der Waals surface area (Å²) in [6.45, 7) is 2.00. The van der Waals surface area contributed by atoms with Crippen LogP contribution in [0.4, 0.5) is 4.39 Å². The monoisotopic (exact) mass is 188 g/mol. The van der Waals surface area contributed by atoms with Gasteiger partial charge in [0, 0.05) is 0 Å². The Kier molecular flexibility index (Phi) is 3.27. The third-order valence-electron chi connectivity index (χ3n) is 1.50. The first kappa shape index (κ1) is 8.94. The van der Waals surface area contributed by atoms with Gasteiger partial charge in [-0.2, -0.15) is 0 Å². The zero-order valence-electron chi connectivity index (χ0n) is 6.17. The van der Waals surface area contributed by atoms with Crippen LogP contribution >= 0.6 is 22.5 Å². The minimum Gasteiger partial charge on any atom is -0.206 e. The second-order valence-electron chi connectivity index (χ2n) is 2.21. The van der Waals surface area contributed by atoms with Crippen LogP contribution in [0, 0.1) is 5.82 Å². The Bertz CT molecular complexity index is 248. The topological polar surface area (TPSA) is 0 Å². The van der Waals surface area contributed by atoms with E-state index in [0.717, 1.165) is 22.8 Å². The molecule has 0 radical (unpaired) electrons. The summed E-state index contributed by atoms with van der Waals surface area (Å²) in [5.41, 5.74) is 1.02. The normalized spacial score (nSPS) is 10.1. The van der Waals surface area contributed by atoms with Crippen molar-refractivity contribution in [2.45, 2.75) is 18.2 Å². The predicted molar refractivity (Wildman–Crippen MR) is 50.6 cm³/mol. The molecule has 0 saturated carbocycles. The van der Waals surface area contributed by atoms with Gasteiger partial charge in [-0.05, 0) is 24.1 Å². The Morgan fingerprint density at radius 3 is 2.73 bits per heavy atom. The lowest BCUT2D eigenvalue weighted by molar-refractivity contribution is 0.600. The molecule has 0 aliphatic rings. The van der Waals surface area contributed by atoms with Gasteiger partial charge in [-0.3, -0.25) is 0 Å². The smallest absolute Gasteiger partial charge is 0.137 e. The average molecular weight is 188 g/mol. The second-order valence-corrected chi connectivity index (χ2v) is 3.38. The average Bonchev–Trinajstić information content (AvgIpc) is 2.04. The molecule has 60 valence electrons. The van der Waals surface area contributed by atoms with Gasteiger partial charge in [0.15, 0.2) is 0 Å². The Morgan fingerprint density at radius 2 is 2.27 bits per heavy atom. The largest absolute Gasteiger partial charge is 0.206 e. The minimum absolute atomic E-state index is 0.177. The molecule has 0 atom stereocenters. The summed E-state index contributed by atoms with van der Waals surface area (Å²) in [4.78, 5) is 0.588. The SMILES string of the molecule is CCc1ccc(SS)c(F)c1. The Morgan fingerprint density at radius 1 is 1.55 bits per heavy atom. The van der Waals surface area contributed by atoms with E-state index >= 15 is 0 Å².